The fourth-order valence-electron chi connectivity index (χ4n) is 0.494. The lowest BCUT2D eigenvalue weighted by molar-refractivity contribution is -0.311. The normalized spacial score (nSPS) is 28.2. The van der Waals surface area contributed by atoms with Crippen LogP contribution in [0.5, 0.6) is 0 Å². The van der Waals surface area contributed by atoms with E-state index < -0.39 is 11.4 Å². The minimum atomic E-state index is -1.12. The number of rotatable bonds is 1. The van der Waals surface area contributed by atoms with Crippen LogP contribution in [0.4, 0.5) is 0 Å². The number of carboxylic acid groups (broad SMARTS) is 1. The lowest BCUT2D eigenvalue weighted by Gasteiger charge is -2.06. The molecule has 0 spiro atoms. The molecule has 1 saturated heterocycles. The predicted octanol–water partition coefficient (Wildman–Crippen LogP) is -1.17. The van der Waals surface area contributed by atoms with Crippen molar-refractivity contribution in [1.82, 2.24) is 0 Å². The second-order valence-electron chi connectivity index (χ2n) is 1.39. The summed E-state index contributed by atoms with van der Waals surface area (Å²) in [5, 5.41) is 9.94. The van der Waals surface area contributed by atoms with Crippen molar-refractivity contribution in [1.29, 1.82) is 0 Å². The highest BCUT2D eigenvalue weighted by atomic mass is 32.2. The van der Waals surface area contributed by atoms with Crippen molar-refractivity contribution in [2.75, 3.05) is 12.4 Å². The molecule has 0 aromatic carbocycles. The largest absolute Gasteiger partial charge is 0.546 e. The summed E-state index contributed by atoms with van der Waals surface area (Å²) in [6, 6.07) is 0. The molecule has 0 saturated carbocycles. The maximum Gasteiger partial charge on any atom is 0.142 e. The zero-order chi connectivity index (χ0) is 5.98. The molecule has 4 heteroatoms. The van der Waals surface area contributed by atoms with E-state index in [-0.39, 0.29) is 0 Å². The van der Waals surface area contributed by atoms with E-state index in [1.54, 1.807) is 0 Å². The zero-order valence-corrected chi connectivity index (χ0v) is 4.94. The van der Waals surface area contributed by atoms with Crippen LogP contribution in [0.25, 0.3) is 0 Å². The van der Waals surface area contributed by atoms with Gasteiger partial charge in [-0.1, -0.05) is 0 Å². The average Bonchev–Trinajstić information content (AvgIpc) is 2.12. The Kier molecular flexibility index (Phi) is 1.75. The van der Waals surface area contributed by atoms with Crippen LogP contribution in [-0.2, 0) is 9.53 Å². The van der Waals surface area contributed by atoms with Gasteiger partial charge in [0.2, 0.25) is 0 Å². The summed E-state index contributed by atoms with van der Waals surface area (Å²) in [5.74, 6) is -0.356. The van der Waals surface area contributed by atoms with Gasteiger partial charge >= 0.3 is 0 Å². The first kappa shape index (κ1) is 5.91. The summed E-state index contributed by atoms with van der Waals surface area (Å²) >= 11 is 1.27. The Hall–Kier alpha value is -0.220. The molecule has 46 valence electrons. The maximum absolute atomic E-state index is 9.94. The van der Waals surface area contributed by atoms with E-state index in [0.717, 1.165) is 5.75 Å². The number of aliphatic carboxylic acids is 1. The highest BCUT2D eigenvalue weighted by Crippen LogP contribution is 2.17. The van der Waals surface area contributed by atoms with Gasteiger partial charge in [0.1, 0.15) is 5.44 Å². The highest BCUT2D eigenvalue weighted by molar-refractivity contribution is 8.00. The van der Waals surface area contributed by atoms with E-state index >= 15 is 0 Å². The Morgan fingerprint density at radius 1 is 1.88 bits per heavy atom. The summed E-state index contributed by atoms with van der Waals surface area (Å²) in [5.41, 5.74) is -0.713. The van der Waals surface area contributed by atoms with E-state index in [2.05, 4.69) is 0 Å². The second kappa shape index (κ2) is 2.37. The van der Waals surface area contributed by atoms with Gasteiger partial charge < -0.3 is 14.6 Å². The molecular formula is C4H5O3S-. The molecular weight excluding hydrogens is 128 g/mol. The van der Waals surface area contributed by atoms with Gasteiger partial charge in [0, 0.05) is 5.75 Å². The summed E-state index contributed by atoms with van der Waals surface area (Å²) in [4.78, 5) is 9.94. The fraction of sp³-hybridized carbons (Fsp3) is 0.750. The van der Waals surface area contributed by atoms with Gasteiger partial charge in [-0.25, -0.2) is 0 Å². The third-order valence-electron chi connectivity index (χ3n) is 0.814. The first-order chi connectivity index (χ1) is 3.80. The van der Waals surface area contributed by atoms with Crippen molar-refractivity contribution in [3.05, 3.63) is 0 Å². The smallest absolute Gasteiger partial charge is 0.142 e. The monoisotopic (exact) mass is 133 g/mol. The average molecular weight is 133 g/mol. The van der Waals surface area contributed by atoms with Crippen molar-refractivity contribution < 1.29 is 14.6 Å². The Labute approximate surface area is 51.0 Å². The van der Waals surface area contributed by atoms with E-state index in [4.69, 9.17) is 4.74 Å². The van der Waals surface area contributed by atoms with Crippen molar-refractivity contribution in [2.24, 2.45) is 0 Å². The second-order valence-corrected chi connectivity index (χ2v) is 2.56. The molecule has 0 N–H and O–H groups in total. The van der Waals surface area contributed by atoms with Crippen LogP contribution < -0.4 is 5.11 Å². The van der Waals surface area contributed by atoms with Gasteiger partial charge in [-0.2, -0.15) is 0 Å². The number of hydrogen-bond acceptors (Lipinski definition) is 4. The van der Waals surface area contributed by atoms with Gasteiger partial charge in [-0.15, -0.1) is 11.8 Å². The third-order valence-corrected chi connectivity index (χ3v) is 1.85. The van der Waals surface area contributed by atoms with Gasteiger partial charge in [0.25, 0.3) is 0 Å². The van der Waals surface area contributed by atoms with Crippen molar-refractivity contribution in [2.45, 2.75) is 5.44 Å². The fourth-order valence-corrected chi connectivity index (χ4v) is 1.23. The molecule has 1 heterocycles. The number of thioether (sulfide) groups is 1. The molecule has 0 radical (unpaired) electrons. The van der Waals surface area contributed by atoms with Crippen molar-refractivity contribution in [3.63, 3.8) is 0 Å². The molecule has 0 bridgehead atoms. The molecule has 8 heavy (non-hydrogen) atoms. The molecule has 1 unspecified atom stereocenters. The van der Waals surface area contributed by atoms with E-state index in [0.29, 0.717) is 6.61 Å². The Balaban J connectivity index is 2.35. The Bertz CT molecular complexity index is 97.5. The molecule has 1 fully saturated rings. The third kappa shape index (κ3) is 1.14. The number of carbonyl (C=O) groups is 1. The minimum Gasteiger partial charge on any atom is -0.546 e. The zero-order valence-electron chi connectivity index (χ0n) is 4.12. The van der Waals surface area contributed by atoms with Gasteiger partial charge in [-0.3, -0.25) is 0 Å². The molecule has 0 amide bonds. The van der Waals surface area contributed by atoms with Gasteiger partial charge in [0.05, 0.1) is 12.6 Å². The van der Waals surface area contributed by atoms with Gasteiger partial charge in [0.15, 0.2) is 0 Å². The van der Waals surface area contributed by atoms with Crippen LogP contribution in [0.1, 0.15) is 0 Å². The maximum atomic E-state index is 9.94. The highest BCUT2D eigenvalue weighted by Gasteiger charge is 2.15. The quantitative estimate of drug-likeness (QED) is 0.452. The van der Waals surface area contributed by atoms with Crippen LogP contribution in [0.3, 0.4) is 0 Å². The number of hydrogen-bond donors (Lipinski definition) is 0. The topological polar surface area (TPSA) is 49.4 Å². The Morgan fingerprint density at radius 2 is 2.62 bits per heavy atom. The van der Waals surface area contributed by atoms with Crippen LogP contribution >= 0.6 is 11.8 Å². The minimum absolute atomic E-state index is 0.531. The van der Waals surface area contributed by atoms with E-state index in [9.17, 15) is 9.90 Å². The van der Waals surface area contributed by atoms with Gasteiger partial charge in [-0.05, 0) is 0 Å². The van der Waals surface area contributed by atoms with Crippen molar-refractivity contribution in [3.8, 4) is 0 Å². The predicted molar refractivity (Wildman–Crippen MR) is 27.2 cm³/mol. The molecule has 0 aromatic rings. The molecule has 1 rings (SSSR count). The molecule has 1 aliphatic heterocycles. The molecule has 1 aliphatic rings. The first-order valence-electron chi connectivity index (χ1n) is 2.25. The summed E-state index contributed by atoms with van der Waals surface area (Å²) in [6.45, 7) is 0.531. The van der Waals surface area contributed by atoms with Crippen molar-refractivity contribution >= 4 is 17.7 Å². The van der Waals surface area contributed by atoms with E-state index in [1.165, 1.54) is 11.8 Å². The standard InChI is InChI=1S/C4H6O3S/c5-3(6)4-7-1-2-8-4/h4H,1-2H2,(H,5,6)/p-1. The molecule has 0 aliphatic carbocycles. The van der Waals surface area contributed by atoms with E-state index in [1.807, 2.05) is 0 Å². The number of carboxylic acids is 1. The van der Waals surface area contributed by atoms with Crippen LogP contribution in [0, 0.1) is 0 Å². The SMILES string of the molecule is O=C([O-])C1OCCS1. The number of carbonyl (C=O) groups excluding carboxylic acids is 1. The van der Waals surface area contributed by atoms with Crippen LogP contribution in [0.2, 0.25) is 0 Å². The summed E-state index contributed by atoms with van der Waals surface area (Å²) in [7, 11) is 0. The van der Waals surface area contributed by atoms with Crippen LogP contribution in [0.15, 0.2) is 0 Å². The Morgan fingerprint density at radius 3 is 2.88 bits per heavy atom. The summed E-state index contributed by atoms with van der Waals surface area (Å²) in [6.07, 6.45) is 0. The number of ether oxygens (including phenoxy) is 1. The first-order valence-corrected chi connectivity index (χ1v) is 3.29. The lowest BCUT2D eigenvalue weighted by atomic mass is 10.7. The summed E-state index contributed by atoms with van der Waals surface area (Å²) < 4.78 is 4.72. The lowest BCUT2D eigenvalue weighted by Crippen LogP contribution is -2.33. The molecule has 3 nitrogen and oxygen atoms in total. The molecule has 0 aromatic heterocycles. The van der Waals surface area contributed by atoms with Crippen LogP contribution in [-0.4, -0.2) is 23.8 Å². The molecule has 1 atom stereocenters.